The summed E-state index contributed by atoms with van der Waals surface area (Å²) in [5.74, 6) is 0.958. The summed E-state index contributed by atoms with van der Waals surface area (Å²) in [7, 11) is 0. The molecule has 0 atom stereocenters. The number of benzene rings is 1. The normalized spacial score (nSPS) is 14.5. The minimum Gasteiger partial charge on any atom is -0.455 e. The number of amides is 1. The number of anilines is 1. The smallest absolute Gasteiger partial charge is 0.291 e. The van der Waals surface area contributed by atoms with Crippen LogP contribution in [0.4, 0.5) is 5.69 Å². The van der Waals surface area contributed by atoms with E-state index in [0.717, 1.165) is 48.0 Å². The van der Waals surface area contributed by atoms with E-state index in [1.165, 1.54) is 12.8 Å². The highest BCUT2D eigenvalue weighted by molar-refractivity contribution is 6.02. The zero-order chi connectivity index (χ0) is 19.5. The number of carbonyl (C=O) groups is 1. The molecule has 1 amide bonds. The molecule has 1 saturated heterocycles. The summed E-state index contributed by atoms with van der Waals surface area (Å²) >= 11 is 0. The quantitative estimate of drug-likeness (QED) is 0.704. The van der Waals surface area contributed by atoms with Crippen LogP contribution >= 0.6 is 0 Å². The van der Waals surface area contributed by atoms with Gasteiger partial charge in [0.15, 0.2) is 5.76 Å². The number of carbonyl (C=O) groups excluding carboxylic acids is 1. The van der Waals surface area contributed by atoms with Crippen LogP contribution < -0.4 is 5.32 Å². The first-order valence-corrected chi connectivity index (χ1v) is 9.79. The minimum absolute atomic E-state index is 0.226. The van der Waals surface area contributed by atoms with Crippen molar-refractivity contribution in [1.29, 1.82) is 0 Å². The zero-order valence-electron chi connectivity index (χ0n) is 16.4. The van der Waals surface area contributed by atoms with E-state index in [2.05, 4.69) is 21.4 Å². The summed E-state index contributed by atoms with van der Waals surface area (Å²) in [5.41, 5.74) is 3.96. The second-order valence-corrected chi connectivity index (χ2v) is 7.49. The Balaban J connectivity index is 1.40. The minimum atomic E-state index is -0.226. The van der Waals surface area contributed by atoms with E-state index in [4.69, 9.17) is 4.42 Å². The number of furan rings is 1. The molecular weight excluding hydrogens is 352 g/mol. The van der Waals surface area contributed by atoms with E-state index in [1.807, 2.05) is 48.9 Å². The standard InChI is InChI=1S/C22H26N4O2/c1-16-12-17(2)26(24-16)14-18-6-5-7-19(13-18)23-22(27)21-9-8-20(28-21)15-25-10-3-4-11-25/h5-9,12-13H,3-4,10-11,14-15H2,1-2H3,(H,23,27). The van der Waals surface area contributed by atoms with Crippen LogP contribution in [0.5, 0.6) is 0 Å². The van der Waals surface area contributed by atoms with Crippen LogP contribution in [-0.2, 0) is 13.1 Å². The molecule has 0 bridgehead atoms. The van der Waals surface area contributed by atoms with Gasteiger partial charge in [-0.2, -0.15) is 5.10 Å². The van der Waals surface area contributed by atoms with E-state index in [-0.39, 0.29) is 5.91 Å². The first kappa shape index (κ1) is 18.5. The third-order valence-electron chi connectivity index (χ3n) is 5.08. The van der Waals surface area contributed by atoms with Gasteiger partial charge in [0, 0.05) is 11.4 Å². The summed E-state index contributed by atoms with van der Waals surface area (Å²) < 4.78 is 7.72. The Morgan fingerprint density at radius 1 is 1.11 bits per heavy atom. The summed E-state index contributed by atoms with van der Waals surface area (Å²) in [6.07, 6.45) is 2.48. The molecule has 6 nitrogen and oxygen atoms in total. The van der Waals surface area contributed by atoms with Crippen LogP contribution in [0, 0.1) is 13.8 Å². The van der Waals surface area contributed by atoms with Crippen molar-refractivity contribution >= 4 is 11.6 Å². The Labute approximate surface area is 165 Å². The van der Waals surface area contributed by atoms with Crippen LogP contribution in [0.3, 0.4) is 0 Å². The van der Waals surface area contributed by atoms with Gasteiger partial charge in [0.05, 0.1) is 18.8 Å². The van der Waals surface area contributed by atoms with Crippen molar-refractivity contribution in [3.63, 3.8) is 0 Å². The van der Waals surface area contributed by atoms with E-state index in [9.17, 15) is 4.79 Å². The second-order valence-electron chi connectivity index (χ2n) is 7.49. The Hall–Kier alpha value is -2.86. The molecule has 1 fully saturated rings. The van der Waals surface area contributed by atoms with Gasteiger partial charge in [-0.3, -0.25) is 14.4 Å². The van der Waals surface area contributed by atoms with E-state index < -0.39 is 0 Å². The van der Waals surface area contributed by atoms with Crippen LogP contribution in [0.15, 0.2) is 46.9 Å². The van der Waals surface area contributed by atoms with Crippen molar-refractivity contribution in [1.82, 2.24) is 14.7 Å². The molecule has 28 heavy (non-hydrogen) atoms. The molecule has 6 heteroatoms. The maximum atomic E-state index is 12.6. The van der Waals surface area contributed by atoms with Crippen LogP contribution in [0.25, 0.3) is 0 Å². The predicted molar refractivity (Wildman–Crippen MR) is 108 cm³/mol. The number of nitrogens with one attached hydrogen (secondary N) is 1. The van der Waals surface area contributed by atoms with Crippen molar-refractivity contribution in [2.75, 3.05) is 18.4 Å². The highest BCUT2D eigenvalue weighted by Gasteiger charge is 2.16. The van der Waals surface area contributed by atoms with Gasteiger partial charge in [0.2, 0.25) is 0 Å². The average Bonchev–Trinajstić information content (AvgIpc) is 3.39. The number of nitrogens with zero attached hydrogens (tertiary/aromatic N) is 3. The van der Waals surface area contributed by atoms with Gasteiger partial charge >= 0.3 is 0 Å². The van der Waals surface area contributed by atoms with Crippen LogP contribution in [-0.4, -0.2) is 33.7 Å². The van der Waals surface area contributed by atoms with Crippen LogP contribution in [0.2, 0.25) is 0 Å². The molecule has 2 aromatic heterocycles. The molecule has 0 unspecified atom stereocenters. The topological polar surface area (TPSA) is 63.3 Å². The lowest BCUT2D eigenvalue weighted by Crippen LogP contribution is -2.18. The highest BCUT2D eigenvalue weighted by atomic mass is 16.4. The fourth-order valence-electron chi connectivity index (χ4n) is 3.69. The maximum absolute atomic E-state index is 12.6. The summed E-state index contributed by atoms with van der Waals surface area (Å²) in [4.78, 5) is 14.9. The number of likely N-dealkylation sites (tertiary alicyclic amines) is 1. The van der Waals surface area contributed by atoms with E-state index in [1.54, 1.807) is 6.07 Å². The van der Waals surface area contributed by atoms with Crippen molar-refractivity contribution in [3.8, 4) is 0 Å². The van der Waals surface area contributed by atoms with Gasteiger partial charge in [-0.05, 0) is 75.7 Å². The number of hydrogen-bond acceptors (Lipinski definition) is 4. The Morgan fingerprint density at radius 2 is 1.93 bits per heavy atom. The predicted octanol–water partition coefficient (Wildman–Crippen LogP) is 3.99. The van der Waals surface area contributed by atoms with Crippen molar-refractivity contribution in [2.24, 2.45) is 0 Å². The fraction of sp³-hybridized carbons (Fsp3) is 0.364. The fourth-order valence-corrected chi connectivity index (χ4v) is 3.69. The first-order chi connectivity index (χ1) is 13.6. The van der Waals surface area contributed by atoms with E-state index in [0.29, 0.717) is 12.3 Å². The molecule has 3 aromatic rings. The van der Waals surface area contributed by atoms with Gasteiger partial charge < -0.3 is 9.73 Å². The molecule has 0 spiro atoms. The summed E-state index contributed by atoms with van der Waals surface area (Å²) in [6.45, 7) is 7.67. The van der Waals surface area contributed by atoms with Crippen molar-refractivity contribution in [3.05, 3.63) is 70.9 Å². The highest BCUT2D eigenvalue weighted by Crippen LogP contribution is 2.18. The third-order valence-corrected chi connectivity index (χ3v) is 5.08. The van der Waals surface area contributed by atoms with Gasteiger partial charge in [0.1, 0.15) is 5.76 Å². The molecule has 0 saturated carbocycles. The van der Waals surface area contributed by atoms with Crippen molar-refractivity contribution < 1.29 is 9.21 Å². The molecule has 0 aliphatic carbocycles. The lowest BCUT2D eigenvalue weighted by atomic mass is 10.2. The Kier molecular flexibility index (Phi) is 5.30. The lowest BCUT2D eigenvalue weighted by molar-refractivity contribution is 0.0993. The zero-order valence-corrected chi connectivity index (χ0v) is 16.4. The Morgan fingerprint density at radius 3 is 2.68 bits per heavy atom. The molecule has 1 aliphatic rings. The third kappa shape index (κ3) is 4.34. The largest absolute Gasteiger partial charge is 0.455 e. The molecule has 0 radical (unpaired) electrons. The number of rotatable bonds is 6. The molecule has 4 rings (SSSR count). The molecule has 1 N–H and O–H groups in total. The van der Waals surface area contributed by atoms with Gasteiger partial charge in [-0.15, -0.1) is 0 Å². The molecule has 1 aliphatic heterocycles. The van der Waals surface area contributed by atoms with E-state index >= 15 is 0 Å². The number of hydrogen-bond donors (Lipinski definition) is 1. The van der Waals surface area contributed by atoms with Crippen LogP contribution in [0.1, 0.15) is 46.1 Å². The monoisotopic (exact) mass is 378 g/mol. The Bertz CT molecular complexity index is 967. The molecule has 1 aromatic carbocycles. The second kappa shape index (κ2) is 8.02. The number of aryl methyl sites for hydroxylation is 2. The number of aromatic nitrogens is 2. The molecule has 146 valence electrons. The molecule has 3 heterocycles. The van der Waals surface area contributed by atoms with Gasteiger partial charge in [-0.1, -0.05) is 12.1 Å². The van der Waals surface area contributed by atoms with Gasteiger partial charge in [-0.25, -0.2) is 0 Å². The molecular formula is C22H26N4O2. The van der Waals surface area contributed by atoms with Crippen molar-refractivity contribution in [2.45, 2.75) is 39.8 Å². The van der Waals surface area contributed by atoms with Gasteiger partial charge in [0.25, 0.3) is 5.91 Å². The summed E-state index contributed by atoms with van der Waals surface area (Å²) in [5, 5.41) is 7.43. The SMILES string of the molecule is Cc1cc(C)n(Cc2cccc(NC(=O)c3ccc(CN4CCCC4)o3)c2)n1. The first-order valence-electron chi connectivity index (χ1n) is 9.79. The summed E-state index contributed by atoms with van der Waals surface area (Å²) in [6, 6.07) is 13.5. The lowest BCUT2D eigenvalue weighted by Gasteiger charge is -2.11. The maximum Gasteiger partial charge on any atom is 0.291 e. The average molecular weight is 378 g/mol.